The lowest BCUT2D eigenvalue weighted by Crippen LogP contribution is -2.06. The van der Waals surface area contributed by atoms with E-state index in [1.807, 2.05) is 6.07 Å². The van der Waals surface area contributed by atoms with E-state index in [4.69, 9.17) is 16.9 Å². The Hall–Kier alpha value is -2.26. The van der Waals surface area contributed by atoms with Crippen LogP contribution in [0.2, 0.25) is 5.02 Å². The largest absolute Gasteiger partial charge is 0.416 e. The van der Waals surface area contributed by atoms with Crippen LogP contribution >= 0.6 is 11.6 Å². The Morgan fingerprint density at radius 3 is 2.57 bits per heavy atom. The van der Waals surface area contributed by atoms with E-state index in [-0.39, 0.29) is 22.1 Å². The van der Waals surface area contributed by atoms with E-state index in [0.29, 0.717) is 5.69 Å². The van der Waals surface area contributed by atoms with Gasteiger partial charge in [0.2, 0.25) is 0 Å². The first kappa shape index (κ1) is 15.1. The molecule has 2 aromatic rings. The molecule has 0 radical (unpaired) electrons. The Kier molecular flexibility index (Phi) is 4.05. The highest BCUT2D eigenvalue weighted by Gasteiger charge is 2.31. The van der Waals surface area contributed by atoms with Crippen molar-refractivity contribution >= 4 is 23.1 Å². The molecule has 0 aliphatic rings. The third kappa shape index (κ3) is 3.44. The molecule has 1 N–H and O–H groups in total. The van der Waals surface area contributed by atoms with Gasteiger partial charge in [-0.3, -0.25) is 0 Å². The highest BCUT2D eigenvalue weighted by atomic mass is 35.5. The van der Waals surface area contributed by atoms with Crippen LogP contribution in [0.25, 0.3) is 0 Å². The van der Waals surface area contributed by atoms with Crippen LogP contribution in [0.3, 0.4) is 0 Å². The van der Waals surface area contributed by atoms with Crippen molar-refractivity contribution in [3.05, 3.63) is 52.2 Å². The van der Waals surface area contributed by atoms with Gasteiger partial charge in [0.1, 0.15) is 11.9 Å². The number of pyridine rings is 1. The number of benzene rings is 1. The van der Waals surface area contributed by atoms with E-state index in [2.05, 4.69) is 10.3 Å². The predicted octanol–water partition coefficient (Wildman–Crippen LogP) is 4.68. The molecule has 0 atom stereocenters. The number of aryl methyl sites for hydroxylation is 1. The zero-order valence-electron chi connectivity index (χ0n) is 10.8. The average Bonchev–Trinajstić information content (AvgIpc) is 2.40. The lowest BCUT2D eigenvalue weighted by atomic mass is 10.2. The third-order valence-electron chi connectivity index (χ3n) is 2.70. The molecule has 2 rings (SSSR count). The number of anilines is 2. The lowest BCUT2D eigenvalue weighted by molar-refractivity contribution is -0.137. The molecule has 0 aliphatic heterocycles. The van der Waals surface area contributed by atoms with E-state index in [1.54, 1.807) is 13.0 Å². The average molecular weight is 312 g/mol. The fourth-order valence-corrected chi connectivity index (χ4v) is 1.83. The first-order valence-corrected chi connectivity index (χ1v) is 6.20. The van der Waals surface area contributed by atoms with Crippen molar-refractivity contribution < 1.29 is 13.2 Å². The monoisotopic (exact) mass is 311 g/mol. The molecular weight excluding hydrogens is 303 g/mol. The molecule has 1 heterocycles. The highest BCUT2D eigenvalue weighted by Crippen LogP contribution is 2.35. The van der Waals surface area contributed by atoms with Gasteiger partial charge in [0, 0.05) is 5.69 Å². The molecule has 1 aromatic heterocycles. The van der Waals surface area contributed by atoms with Gasteiger partial charge in [0.25, 0.3) is 0 Å². The summed E-state index contributed by atoms with van der Waals surface area (Å²) in [5.74, 6) is 0.165. The minimum absolute atomic E-state index is 0.0427. The van der Waals surface area contributed by atoms with Crippen LogP contribution in [0.1, 0.15) is 16.8 Å². The normalized spacial score (nSPS) is 11.0. The number of halogens is 4. The van der Waals surface area contributed by atoms with Crippen LogP contribution in [0.4, 0.5) is 24.7 Å². The lowest BCUT2D eigenvalue weighted by Gasteiger charge is -2.13. The summed E-state index contributed by atoms with van der Waals surface area (Å²) in [5, 5.41) is 11.8. The van der Waals surface area contributed by atoms with Crippen molar-refractivity contribution in [3.63, 3.8) is 0 Å². The van der Waals surface area contributed by atoms with Gasteiger partial charge in [-0.2, -0.15) is 18.4 Å². The molecule has 1 aromatic carbocycles. The number of nitrogens with zero attached hydrogens (tertiary/aromatic N) is 2. The Balaban J connectivity index is 2.45. The SMILES string of the molecule is Cc1ccc(C#N)c(Nc2cc(C(F)(F)F)ccc2Cl)n1. The molecule has 108 valence electrons. The summed E-state index contributed by atoms with van der Waals surface area (Å²) in [6.45, 7) is 1.71. The molecule has 7 heteroatoms. The van der Waals surface area contributed by atoms with Gasteiger partial charge in [-0.1, -0.05) is 11.6 Å². The second-order valence-electron chi connectivity index (χ2n) is 4.28. The van der Waals surface area contributed by atoms with Gasteiger partial charge in [0.15, 0.2) is 0 Å². The maximum absolute atomic E-state index is 12.7. The summed E-state index contributed by atoms with van der Waals surface area (Å²) >= 11 is 5.89. The van der Waals surface area contributed by atoms with E-state index < -0.39 is 11.7 Å². The summed E-state index contributed by atoms with van der Waals surface area (Å²) in [7, 11) is 0. The molecule has 0 unspecified atom stereocenters. The number of hydrogen-bond donors (Lipinski definition) is 1. The van der Waals surface area contributed by atoms with Crippen molar-refractivity contribution in [3.8, 4) is 6.07 Å². The van der Waals surface area contributed by atoms with Gasteiger partial charge in [-0.15, -0.1) is 0 Å². The number of aromatic nitrogens is 1. The second kappa shape index (κ2) is 5.62. The summed E-state index contributed by atoms with van der Waals surface area (Å²) in [6.07, 6.45) is -4.47. The first-order valence-electron chi connectivity index (χ1n) is 5.83. The number of hydrogen-bond acceptors (Lipinski definition) is 3. The Bertz CT molecular complexity index is 720. The zero-order chi connectivity index (χ0) is 15.6. The molecule has 0 bridgehead atoms. The van der Waals surface area contributed by atoms with Gasteiger partial charge in [-0.05, 0) is 37.3 Å². The molecule has 21 heavy (non-hydrogen) atoms. The standard InChI is InChI=1S/C14H9ClF3N3/c1-8-2-3-9(7-19)13(20-8)21-12-6-10(14(16,17)18)4-5-11(12)15/h2-6H,1H3,(H,20,21). The van der Waals surface area contributed by atoms with E-state index >= 15 is 0 Å². The van der Waals surface area contributed by atoms with Crippen molar-refractivity contribution in [2.75, 3.05) is 5.32 Å². The Morgan fingerprint density at radius 1 is 1.24 bits per heavy atom. The Morgan fingerprint density at radius 2 is 1.95 bits per heavy atom. The first-order chi connectivity index (χ1) is 9.81. The fourth-order valence-electron chi connectivity index (χ4n) is 1.67. The van der Waals surface area contributed by atoms with Crippen LogP contribution in [-0.2, 0) is 6.18 Å². The Labute approximate surface area is 124 Å². The molecule has 0 amide bonds. The maximum atomic E-state index is 12.7. The second-order valence-corrected chi connectivity index (χ2v) is 4.69. The quantitative estimate of drug-likeness (QED) is 0.876. The molecule has 0 fully saturated rings. The summed E-state index contributed by atoms with van der Waals surface area (Å²) in [6, 6.07) is 8.01. The van der Waals surface area contributed by atoms with Crippen LogP contribution in [-0.4, -0.2) is 4.98 Å². The molecular formula is C14H9ClF3N3. The van der Waals surface area contributed by atoms with E-state index in [1.165, 1.54) is 6.07 Å². The third-order valence-corrected chi connectivity index (χ3v) is 3.03. The van der Waals surface area contributed by atoms with Crippen molar-refractivity contribution in [2.45, 2.75) is 13.1 Å². The van der Waals surface area contributed by atoms with E-state index in [9.17, 15) is 13.2 Å². The molecule has 0 saturated heterocycles. The van der Waals surface area contributed by atoms with Crippen molar-refractivity contribution in [1.29, 1.82) is 5.26 Å². The minimum atomic E-state index is -4.47. The van der Waals surface area contributed by atoms with Gasteiger partial charge < -0.3 is 5.32 Å². The number of nitrogens with one attached hydrogen (secondary N) is 1. The van der Waals surface area contributed by atoms with Crippen molar-refractivity contribution in [1.82, 2.24) is 4.98 Å². The smallest absolute Gasteiger partial charge is 0.338 e. The summed E-state index contributed by atoms with van der Waals surface area (Å²) in [4.78, 5) is 4.10. The number of rotatable bonds is 2. The summed E-state index contributed by atoms with van der Waals surface area (Å²) < 4.78 is 38.1. The fraction of sp³-hybridized carbons (Fsp3) is 0.143. The highest BCUT2D eigenvalue weighted by molar-refractivity contribution is 6.33. The maximum Gasteiger partial charge on any atom is 0.416 e. The zero-order valence-corrected chi connectivity index (χ0v) is 11.5. The predicted molar refractivity (Wildman–Crippen MR) is 73.4 cm³/mol. The van der Waals surface area contributed by atoms with Gasteiger partial charge >= 0.3 is 6.18 Å². The van der Waals surface area contributed by atoms with Crippen molar-refractivity contribution in [2.24, 2.45) is 0 Å². The van der Waals surface area contributed by atoms with Crippen LogP contribution in [0, 0.1) is 18.3 Å². The summed E-state index contributed by atoms with van der Waals surface area (Å²) in [5.41, 5.74) is 0.0512. The van der Waals surface area contributed by atoms with Crippen LogP contribution < -0.4 is 5.32 Å². The molecule has 0 aliphatic carbocycles. The van der Waals surface area contributed by atoms with Gasteiger partial charge in [0.05, 0.1) is 21.8 Å². The van der Waals surface area contributed by atoms with Crippen LogP contribution in [0.15, 0.2) is 30.3 Å². The van der Waals surface area contributed by atoms with E-state index in [0.717, 1.165) is 18.2 Å². The van der Waals surface area contributed by atoms with Crippen LogP contribution in [0.5, 0.6) is 0 Å². The van der Waals surface area contributed by atoms with Gasteiger partial charge in [-0.25, -0.2) is 4.98 Å². The molecule has 0 spiro atoms. The number of nitriles is 1. The molecule has 3 nitrogen and oxygen atoms in total. The number of alkyl halides is 3. The topological polar surface area (TPSA) is 48.7 Å². The minimum Gasteiger partial charge on any atom is -0.338 e. The molecule has 0 saturated carbocycles.